The van der Waals surface area contributed by atoms with Crippen LogP contribution in [0.1, 0.15) is 22.8 Å². The van der Waals surface area contributed by atoms with E-state index in [-0.39, 0.29) is 18.1 Å². The molecule has 0 unspecified atom stereocenters. The first-order chi connectivity index (χ1) is 13.4. The molecule has 0 radical (unpaired) electrons. The van der Waals surface area contributed by atoms with Crippen LogP contribution in [0.2, 0.25) is 0 Å². The van der Waals surface area contributed by atoms with Crippen LogP contribution in [-0.4, -0.2) is 38.0 Å². The molecule has 2 rings (SSSR count). The quantitative estimate of drug-likeness (QED) is 0.677. The summed E-state index contributed by atoms with van der Waals surface area (Å²) in [4.78, 5) is 35.1. The van der Waals surface area contributed by atoms with Gasteiger partial charge in [-0.25, -0.2) is 4.39 Å². The lowest BCUT2D eigenvalue weighted by Gasteiger charge is -2.10. The number of nitrogens with one attached hydrogen (secondary N) is 2. The summed E-state index contributed by atoms with van der Waals surface area (Å²) in [6.45, 7) is 1.88. The molecular formula is C20H21FN2O5. The molecule has 8 heteroatoms. The monoisotopic (exact) mass is 388 g/mol. The summed E-state index contributed by atoms with van der Waals surface area (Å²) in [5.41, 5.74) is 1.27. The maximum Gasteiger partial charge on any atom is 0.309 e. The molecule has 2 N–H and O–H groups in total. The Bertz CT molecular complexity index is 869. The molecule has 2 aromatic rings. The van der Waals surface area contributed by atoms with Gasteiger partial charge < -0.3 is 20.1 Å². The minimum atomic E-state index is -0.688. The summed E-state index contributed by atoms with van der Waals surface area (Å²) in [6.07, 6.45) is -0.0594. The number of halogens is 1. The van der Waals surface area contributed by atoms with Crippen LogP contribution in [-0.2, 0) is 20.7 Å². The molecule has 0 fully saturated rings. The van der Waals surface area contributed by atoms with Crippen LogP contribution in [0.3, 0.4) is 0 Å². The highest BCUT2D eigenvalue weighted by atomic mass is 19.1. The van der Waals surface area contributed by atoms with E-state index in [1.165, 1.54) is 25.3 Å². The van der Waals surface area contributed by atoms with Crippen LogP contribution in [0.15, 0.2) is 42.5 Å². The number of anilines is 1. The highest BCUT2D eigenvalue weighted by molar-refractivity contribution is 5.97. The van der Waals surface area contributed by atoms with Crippen molar-refractivity contribution in [1.82, 2.24) is 5.32 Å². The fourth-order valence-electron chi connectivity index (χ4n) is 2.35. The van der Waals surface area contributed by atoms with Gasteiger partial charge in [0.15, 0.2) is 18.2 Å². The van der Waals surface area contributed by atoms with E-state index in [2.05, 4.69) is 15.4 Å². The molecule has 0 aliphatic carbocycles. The van der Waals surface area contributed by atoms with E-state index in [0.29, 0.717) is 23.4 Å². The topological polar surface area (TPSA) is 93.7 Å². The highest BCUT2D eigenvalue weighted by Crippen LogP contribution is 2.19. The molecule has 148 valence electrons. The van der Waals surface area contributed by atoms with Gasteiger partial charge in [-0.05, 0) is 42.8 Å². The first kappa shape index (κ1) is 20.9. The number of methoxy groups -OCH3 is 1. The third-order valence-corrected chi connectivity index (χ3v) is 3.68. The van der Waals surface area contributed by atoms with E-state index < -0.39 is 24.3 Å². The zero-order valence-corrected chi connectivity index (χ0v) is 15.6. The predicted molar refractivity (Wildman–Crippen MR) is 101 cm³/mol. The zero-order valence-electron chi connectivity index (χ0n) is 15.6. The van der Waals surface area contributed by atoms with Crippen LogP contribution in [0.4, 0.5) is 10.1 Å². The number of carbonyl (C=O) groups excluding carboxylic acids is 3. The molecule has 0 aliphatic rings. The molecule has 0 heterocycles. The number of hydrogen-bond donors (Lipinski definition) is 2. The van der Waals surface area contributed by atoms with Crippen molar-refractivity contribution in [2.24, 2.45) is 0 Å². The standard InChI is InChI=1S/C20H21FN2O5/c1-3-22-20(26)14-5-4-6-15(11-14)23-18(24)12-28-17-8-7-13(9-16(17)21)10-19(25)27-2/h4-9,11H,3,10,12H2,1-2H3,(H,22,26)(H,23,24). The van der Waals surface area contributed by atoms with E-state index in [1.54, 1.807) is 18.2 Å². The number of benzene rings is 2. The lowest BCUT2D eigenvalue weighted by atomic mass is 10.1. The number of hydrogen-bond acceptors (Lipinski definition) is 5. The molecule has 0 aliphatic heterocycles. The van der Waals surface area contributed by atoms with Crippen molar-refractivity contribution in [3.05, 3.63) is 59.4 Å². The van der Waals surface area contributed by atoms with Gasteiger partial charge in [-0.15, -0.1) is 0 Å². The van der Waals surface area contributed by atoms with Crippen molar-refractivity contribution in [3.63, 3.8) is 0 Å². The van der Waals surface area contributed by atoms with Gasteiger partial charge in [0.05, 0.1) is 13.5 Å². The van der Waals surface area contributed by atoms with Gasteiger partial charge in [0.25, 0.3) is 11.8 Å². The largest absolute Gasteiger partial charge is 0.481 e. The zero-order chi connectivity index (χ0) is 20.5. The molecule has 0 atom stereocenters. The SMILES string of the molecule is CCNC(=O)c1cccc(NC(=O)COc2ccc(CC(=O)OC)cc2F)c1. The van der Waals surface area contributed by atoms with Gasteiger partial charge in [-0.3, -0.25) is 14.4 Å². The Hall–Kier alpha value is -3.42. The Morgan fingerprint density at radius 1 is 1.11 bits per heavy atom. The summed E-state index contributed by atoms with van der Waals surface area (Å²) in [6, 6.07) is 10.4. The second kappa shape index (κ2) is 10.1. The van der Waals surface area contributed by atoms with Gasteiger partial charge in [-0.1, -0.05) is 12.1 Å². The third kappa shape index (κ3) is 6.08. The molecular weight excluding hydrogens is 367 g/mol. The van der Waals surface area contributed by atoms with Crippen LogP contribution in [0, 0.1) is 5.82 Å². The maximum absolute atomic E-state index is 14.0. The predicted octanol–water partition coefficient (Wildman–Crippen LogP) is 2.31. The number of carbonyl (C=O) groups is 3. The van der Waals surface area contributed by atoms with Gasteiger partial charge >= 0.3 is 5.97 Å². The first-order valence-corrected chi connectivity index (χ1v) is 8.59. The summed E-state index contributed by atoms with van der Waals surface area (Å²) >= 11 is 0. The summed E-state index contributed by atoms with van der Waals surface area (Å²) < 4.78 is 23.8. The number of esters is 1. The van der Waals surface area contributed by atoms with Crippen molar-refractivity contribution in [3.8, 4) is 5.75 Å². The minimum Gasteiger partial charge on any atom is -0.481 e. The fraction of sp³-hybridized carbons (Fsp3) is 0.250. The second-order valence-electron chi connectivity index (χ2n) is 5.79. The molecule has 2 aromatic carbocycles. The van der Waals surface area contributed by atoms with Gasteiger partial charge in [0, 0.05) is 17.8 Å². The van der Waals surface area contributed by atoms with Crippen LogP contribution in [0.25, 0.3) is 0 Å². The van der Waals surface area contributed by atoms with E-state index in [1.807, 2.05) is 6.92 Å². The molecule has 0 spiro atoms. The third-order valence-electron chi connectivity index (χ3n) is 3.68. The number of amides is 2. The van der Waals surface area contributed by atoms with E-state index in [0.717, 1.165) is 6.07 Å². The molecule has 0 saturated carbocycles. The van der Waals surface area contributed by atoms with Crippen LogP contribution >= 0.6 is 0 Å². The van der Waals surface area contributed by atoms with Crippen molar-refractivity contribution >= 4 is 23.5 Å². The maximum atomic E-state index is 14.0. The Kier molecular flexibility index (Phi) is 7.50. The molecule has 2 amide bonds. The lowest BCUT2D eigenvalue weighted by molar-refractivity contribution is -0.139. The van der Waals surface area contributed by atoms with Gasteiger partial charge in [0.2, 0.25) is 0 Å². The minimum absolute atomic E-state index is 0.0594. The van der Waals surface area contributed by atoms with Gasteiger partial charge in [0.1, 0.15) is 0 Å². The Morgan fingerprint density at radius 3 is 2.57 bits per heavy atom. The molecule has 0 bridgehead atoms. The average Bonchev–Trinajstić information content (AvgIpc) is 2.67. The van der Waals surface area contributed by atoms with Crippen molar-refractivity contribution in [2.45, 2.75) is 13.3 Å². The molecule has 7 nitrogen and oxygen atoms in total. The lowest BCUT2D eigenvalue weighted by Crippen LogP contribution is -2.23. The smallest absolute Gasteiger partial charge is 0.309 e. The molecule has 28 heavy (non-hydrogen) atoms. The normalized spacial score (nSPS) is 10.1. The van der Waals surface area contributed by atoms with Crippen molar-refractivity contribution in [1.29, 1.82) is 0 Å². The summed E-state index contributed by atoms with van der Waals surface area (Å²) in [7, 11) is 1.25. The van der Waals surface area contributed by atoms with E-state index >= 15 is 0 Å². The second-order valence-corrected chi connectivity index (χ2v) is 5.79. The van der Waals surface area contributed by atoms with Crippen LogP contribution < -0.4 is 15.4 Å². The fourth-order valence-corrected chi connectivity index (χ4v) is 2.35. The molecule has 0 saturated heterocycles. The first-order valence-electron chi connectivity index (χ1n) is 8.59. The summed E-state index contributed by atoms with van der Waals surface area (Å²) in [5.74, 6) is -2.04. The van der Waals surface area contributed by atoms with E-state index in [4.69, 9.17) is 4.74 Å². The Labute approximate surface area is 161 Å². The number of ether oxygens (including phenoxy) is 2. The Morgan fingerprint density at radius 2 is 1.89 bits per heavy atom. The van der Waals surface area contributed by atoms with Crippen molar-refractivity contribution < 1.29 is 28.2 Å². The molecule has 0 aromatic heterocycles. The average molecular weight is 388 g/mol. The Balaban J connectivity index is 1.93. The van der Waals surface area contributed by atoms with Crippen LogP contribution in [0.5, 0.6) is 5.75 Å². The highest BCUT2D eigenvalue weighted by Gasteiger charge is 2.11. The van der Waals surface area contributed by atoms with Gasteiger partial charge in [-0.2, -0.15) is 0 Å². The number of rotatable bonds is 8. The van der Waals surface area contributed by atoms with E-state index in [9.17, 15) is 18.8 Å². The van der Waals surface area contributed by atoms with Crippen molar-refractivity contribution in [2.75, 3.05) is 25.6 Å². The summed E-state index contributed by atoms with van der Waals surface area (Å²) in [5, 5.41) is 5.25.